The molecule has 0 saturated heterocycles. The highest BCUT2D eigenvalue weighted by atomic mass is 32.1. The number of hydrogen-bond donors (Lipinski definition) is 0. The van der Waals surface area contributed by atoms with Gasteiger partial charge in [-0.25, -0.2) is 19.8 Å². The molecule has 0 aliphatic heterocycles. The molecule has 0 N–H and O–H groups in total. The summed E-state index contributed by atoms with van der Waals surface area (Å²) >= 11 is 1.57. The average molecular weight is 420 g/mol. The molecular formula is C21H20N6O2S. The second-order valence-electron chi connectivity index (χ2n) is 6.62. The summed E-state index contributed by atoms with van der Waals surface area (Å²) in [5, 5.41) is 5.23. The molecule has 0 spiro atoms. The van der Waals surface area contributed by atoms with Crippen LogP contribution >= 0.6 is 11.3 Å². The van der Waals surface area contributed by atoms with Gasteiger partial charge in [-0.3, -0.25) is 0 Å². The Kier molecular flexibility index (Phi) is 5.53. The van der Waals surface area contributed by atoms with Gasteiger partial charge < -0.3 is 9.64 Å². The highest BCUT2D eigenvalue weighted by Gasteiger charge is 2.22. The van der Waals surface area contributed by atoms with E-state index in [2.05, 4.69) is 32.2 Å². The molecule has 0 saturated carbocycles. The van der Waals surface area contributed by atoms with Gasteiger partial charge in [-0.2, -0.15) is 9.78 Å². The minimum Gasteiger partial charge on any atom is -0.462 e. The van der Waals surface area contributed by atoms with Gasteiger partial charge in [0.1, 0.15) is 16.7 Å². The van der Waals surface area contributed by atoms with Crippen molar-refractivity contribution in [2.75, 3.05) is 20.7 Å². The SMILES string of the molecule is CCOC(=O)c1cnn(-c2ncnc3sc(-c4ccccc4)cc23)c1/N=C/N(C)C. The van der Waals surface area contributed by atoms with Crippen molar-refractivity contribution >= 4 is 39.7 Å². The van der Waals surface area contributed by atoms with Gasteiger partial charge >= 0.3 is 5.97 Å². The van der Waals surface area contributed by atoms with Crippen molar-refractivity contribution < 1.29 is 9.53 Å². The maximum Gasteiger partial charge on any atom is 0.343 e. The predicted octanol–water partition coefficient (Wildman–Crippen LogP) is 3.94. The highest BCUT2D eigenvalue weighted by Crippen LogP contribution is 2.35. The van der Waals surface area contributed by atoms with Crippen LogP contribution in [-0.2, 0) is 4.74 Å². The van der Waals surface area contributed by atoms with Crippen LogP contribution in [0.4, 0.5) is 5.82 Å². The van der Waals surface area contributed by atoms with Crippen LogP contribution in [0.5, 0.6) is 0 Å². The van der Waals surface area contributed by atoms with Crippen molar-refractivity contribution in [1.29, 1.82) is 0 Å². The van der Waals surface area contributed by atoms with Gasteiger partial charge in [-0.05, 0) is 18.6 Å². The van der Waals surface area contributed by atoms with Crippen LogP contribution in [0.15, 0.2) is 53.9 Å². The molecule has 4 aromatic rings. The van der Waals surface area contributed by atoms with Crippen molar-refractivity contribution in [2.24, 2.45) is 4.99 Å². The Bertz CT molecular complexity index is 1210. The topological polar surface area (TPSA) is 85.5 Å². The normalized spacial score (nSPS) is 11.3. The molecule has 0 aliphatic rings. The molecule has 8 nitrogen and oxygen atoms in total. The smallest absolute Gasteiger partial charge is 0.343 e. The second-order valence-corrected chi connectivity index (χ2v) is 7.65. The van der Waals surface area contributed by atoms with E-state index < -0.39 is 5.97 Å². The van der Waals surface area contributed by atoms with E-state index in [0.717, 1.165) is 20.7 Å². The number of benzene rings is 1. The highest BCUT2D eigenvalue weighted by molar-refractivity contribution is 7.21. The summed E-state index contributed by atoms with van der Waals surface area (Å²) < 4.78 is 6.72. The van der Waals surface area contributed by atoms with Crippen LogP contribution in [-0.4, -0.2) is 57.7 Å². The van der Waals surface area contributed by atoms with Crippen molar-refractivity contribution in [3.8, 4) is 16.3 Å². The average Bonchev–Trinajstić information content (AvgIpc) is 3.37. The number of aliphatic imine (C=N–C) groups is 1. The first-order chi connectivity index (χ1) is 14.6. The van der Waals surface area contributed by atoms with E-state index in [0.29, 0.717) is 11.6 Å². The van der Waals surface area contributed by atoms with Crippen molar-refractivity contribution in [1.82, 2.24) is 24.6 Å². The van der Waals surface area contributed by atoms with Crippen LogP contribution in [0, 0.1) is 0 Å². The molecule has 3 heterocycles. The first-order valence-corrected chi connectivity index (χ1v) is 10.2. The minimum absolute atomic E-state index is 0.267. The van der Waals surface area contributed by atoms with Gasteiger partial charge in [0, 0.05) is 19.0 Å². The van der Waals surface area contributed by atoms with Crippen LogP contribution in [0.25, 0.3) is 26.5 Å². The third-order valence-electron chi connectivity index (χ3n) is 4.22. The standard InChI is InChI=1S/C21H20N6O2S/c1-4-29-21(28)16-11-25-27(19(16)24-13-26(2)3)18-15-10-17(14-8-6-5-7-9-14)30-20(15)23-12-22-18/h5-13H,4H2,1-3H3/b24-13+. The Morgan fingerprint density at radius 3 is 2.80 bits per heavy atom. The number of thiophene rings is 1. The van der Waals surface area contributed by atoms with E-state index in [1.165, 1.54) is 12.5 Å². The zero-order valence-corrected chi connectivity index (χ0v) is 17.6. The Hall–Kier alpha value is -3.59. The molecule has 0 fully saturated rings. The largest absolute Gasteiger partial charge is 0.462 e. The quantitative estimate of drug-likeness (QED) is 0.267. The molecule has 9 heteroatoms. The molecule has 0 aliphatic carbocycles. The summed E-state index contributed by atoms with van der Waals surface area (Å²) in [6.45, 7) is 2.03. The number of carbonyl (C=O) groups is 1. The van der Waals surface area contributed by atoms with E-state index in [4.69, 9.17) is 4.74 Å². The Balaban J connectivity index is 1.87. The summed E-state index contributed by atoms with van der Waals surface area (Å²) in [7, 11) is 3.70. The number of aromatic nitrogens is 4. The van der Waals surface area contributed by atoms with Crippen molar-refractivity contribution in [3.63, 3.8) is 0 Å². The monoisotopic (exact) mass is 420 g/mol. The maximum absolute atomic E-state index is 12.4. The van der Waals surface area contributed by atoms with Crippen LogP contribution in [0.1, 0.15) is 17.3 Å². The molecule has 3 aromatic heterocycles. The van der Waals surface area contributed by atoms with E-state index >= 15 is 0 Å². The second kappa shape index (κ2) is 8.42. The fourth-order valence-electron chi connectivity index (χ4n) is 2.90. The lowest BCUT2D eigenvalue weighted by molar-refractivity contribution is 0.0527. The summed E-state index contributed by atoms with van der Waals surface area (Å²) in [4.78, 5) is 29.4. The molecule has 152 valence electrons. The van der Waals surface area contributed by atoms with Crippen LogP contribution in [0.2, 0.25) is 0 Å². The molecule has 4 rings (SSSR count). The molecule has 0 radical (unpaired) electrons. The summed E-state index contributed by atoms with van der Waals surface area (Å²) in [5.41, 5.74) is 1.38. The molecule has 30 heavy (non-hydrogen) atoms. The predicted molar refractivity (Wildman–Crippen MR) is 118 cm³/mol. The van der Waals surface area contributed by atoms with Crippen molar-refractivity contribution in [2.45, 2.75) is 6.92 Å². The van der Waals surface area contributed by atoms with Gasteiger partial charge in [0.2, 0.25) is 0 Å². The lowest BCUT2D eigenvalue weighted by Crippen LogP contribution is -2.09. The number of hydrogen-bond acceptors (Lipinski definition) is 7. The van der Waals surface area contributed by atoms with Gasteiger partial charge in [-0.1, -0.05) is 30.3 Å². The van der Waals surface area contributed by atoms with Crippen LogP contribution < -0.4 is 0 Å². The molecular weight excluding hydrogens is 400 g/mol. The minimum atomic E-state index is -0.477. The van der Waals surface area contributed by atoms with Gasteiger partial charge in [0.15, 0.2) is 11.6 Å². The maximum atomic E-state index is 12.4. The van der Waals surface area contributed by atoms with Gasteiger partial charge in [0.05, 0.1) is 24.5 Å². The van der Waals surface area contributed by atoms with Gasteiger partial charge in [0.25, 0.3) is 0 Å². The van der Waals surface area contributed by atoms with Crippen molar-refractivity contribution in [3.05, 3.63) is 54.5 Å². The Morgan fingerprint density at radius 2 is 2.07 bits per heavy atom. The first-order valence-electron chi connectivity index (χ1n) is 9.34. The number of ether oxygens (including phenoxy) is 1. The first kappa shape index (κ1) is 19.7. The zero-order chi connectivity index (χ0) is 21.1. The summed E-state index contributed by atoms with van der Waals surface area (Å²) in [5.74, 6) is 0.435. The summed E-state index contributed by atoms with van der Waals surface area (Å²) in [6, 6.07) is 12.1. The van der Waals surface area contributed by atoms with E-state index in [9.17, 15) is 4.79 Å². The third-order valence-corrected chi connectivity index (χ3v) is 5.31. The molecule has 1 aromatic carbocycles. The van der Waals surface area contributed by atoms with E-state index in [1.54, 1.807) is 34.2 Å². The molecule has 0 bridgehead atoms. The number of fused-ring (bicyclic) bond motifs is 1. The van der Waals surface area contributed by atoms with Crippen LogP contribution in [0.3, 0.4) is 0 Å². The number of esters is 1. The number of carbonyl (C=O) groups excluding carboxylic acids is 1. The summed E-state index contributed by atoms with van der Waals surface area (Å²) in [6.07, 6.45) is 4.56. The van der Waals surface area contributed by atoms with Gasteiger partial charge in [-0.15, -0.1) is 11.3 Å². The fraction of sp³-hybridized carbons (Fsp3) is 0.190. The molecule has 0 unspecified atom stereocenters. The van der Waals surface area contributed by atoms with E-state index in [-0.39, 0.29) is 12.2 Å². The zero-order valence-electron chi connectivity index (χ0n) is 16.8. The fourth-order valence-corrected chi connectivity index (χ4v) is 3.90. The molecule has 0 atom stereocenters. The lowest BCUT2D eigenvalue weighted by atomic mass is 10.2. The third kappa shape index (κ3) is 3.79. The molecule has 0 amide bonds. The Morgan fingerprint density at radius 1 is 1.27 bits per heavy atom. The van der Waals surface area contributed by atoms with E-state index in [1.807, 2.05) is 38.4 Å². The number of rotatable bonds is 6. The lowest BCUT2D eigenvalue weighted by Gasteiger charge is -2.07. The Labute approximate surface area is 177 Å². The number of nitrogens with zero attached hydrogens (tertiary/aromatic N) is 6.